The van der Waals surface area contributed by atoms with Crippen LogP contribution in [-0.2, 0) is 4.79 Å². The summed E-state index contributed by atoms with van der Waals surface area (Å²) in [4.78, 5) is 14.0. The Bertz CT molecular complexity index is 317. The molecule has 3 nitrogen and oxygen atoms in total. The topological polar surface area (TPSA) is 40.5 Å². The lowest BCUT2D eigenvalue weighted by Crippen LogP contribution is -2.61. The summed E-state index contributed by atoms with van der Waals surface area (Å²) in [7, 11) is 0. The van der Waals surface area contributed by atoms with Crippen LogP contribution in [0.2, 0.25) is 0 Å². The van der Waals surface area contributed by atoms with Crippen LogP contribution in [0.5, 0.6) is 0 Å². The first-order valence-electron chi connectivity index (χ1n) is 7.17. The number of piperidine rings is 3. The molecule has 0 aromatic heterocycles. The van der Waals surface area contributed by atoms with Gasteiger partial charge in [-0.1, -0.05) is 13.3 Å². The van der Waals surface area contributed by atoms with Crippen molar-refractivity contribution in [1.29, 1.82) is 0 Å². The van der Waals surface area contributed by atoms with E-state index >= 15 is 0 Å². The molecule has 0 saturated carbocycles. The van der Waals surface area contributed by atoms with Crippen LogP contribution >= 0.6 is 0 Å². The van der Waals surface area contributed by atoms with Crippen molar-refractivity contribution in [3.05, 3.63) is 0 Å². The molecule has 0 spiro atoms. The molecule has 3 heteroatoms. The Labute approximate surface area is 103 Å². The van der Waals surface area contributed by atoms with Gasteiger partial charge >= 0.3 is 5.97 Å². The Hall–Kier alpha value is -0.570. The lowest BCUT2D eigenvalue weighted by Gasteiger charge is -2.56. The Morgan fingerprint density at radius 1 is 1.12 bits per heavy atom. The van der Waals surface area contributed by atoms with Gasteiger partial charge in [-0.05, 0) is 44.4 Å². The molecule has 3 aliphatic rings. The van der Waals surface area contributed by atoms with Gasteiger partial charge in [0.2, 0.25) is 0 Å². The zero-order valence-corrected chi connectivity index (χ0v) is 10.6. The van der Waals surface area contributed by atoms with E-state index in [2.05, 4.69) is 11.8 Å². The molecule has 0 aromatic rings. The summed E-state index contributed by atoms with van der Waals surface area (Å²) in [6.07, 6.45) is 8.35. The molecule has 3 fully saturated rings. The number of carboxylic acid groups (broad SMARTS) is 1. The van der Waals surface area contributed by atoms with Crippen molar-refractivity contribution in [2.24, 2.45) is 11.8 Å². The second-order valence-electron chi connectivity index (χ2n) is 6.35. The molecule has 0 aromatic carbocycles. The summed E-state index contributed by atoms with van der Waals surface area (Å²) in [6, 6.07) is 1.71. The Morgan fingerprint density at radius 3 is 2.65 bits per heavy atom. The third kappa shape index (κ3) is 1.88. The lowest BCUT2D eigenvalue weighted by atomic mass is 9.71. The molecule has 0 aliphatic carbocycles. The van der Waals surface area contributed by atoms with Crippen LogP contribution < -0.4 is 0 Å². The molecule has 0 radical (unpaired) electrons. The number of nitrogens with zero attached hydrogens (tertiary/aromatic N) is 1. The van der Waals surface area contributed by atoms with E-state index in [-0.39, 0.29) is 5.92 Å². The van der Waals surface area contributed by atoms with Gasteiger partial charge in [0.1, 0.15) is 0 Å². The first-order chi connectivity index (χ1) is 8.16. The van der Waals surface area contributed by atoms with Crippen molar-refractivity contribution in [1.82, 2.24) is 4.90 Å². The summed E-state index contributed by atoms with van der Waals surface area (Å²) in [5.74, 6) is 0.0430. The quantitative estimate of drug-likeness (QED) is 0.761. The number of hydrogen-bond donors (Lipinski definition) is 1. The highest BCUT2D eigenvalue weighted by Gasteiger charge is 2.47. The van der Waals surface area contributed by atoms with Crippen molar-refractivity contribution in [2.75, 3.05) is 0 Å². The highest BCUT2D eigenvalue weighted by Crippen LogP contribution is 2.44. The fourth-order valence-corrected chi connectivity index (χ4v) is 4.58. The van der Waals surface area contributed by atoms with Crippen molar-refractivity contribution in [3.8, 4) is 0 Å². The summed E-state index contributed by atoms with van der Waals surface area (Å²) in [5.41, 5.74) is 0. The van der Waals surface area contributed by atoms with Crippen LogP contribution in [0.3, 0.4) is 0 Å². The zero-order valence-electron chi connectivity index (χ0n) is 10.6. The van der Waals surface area contributed by atoms with Crippen LogP contribution in [0.15, 0.2) is 0 Å². The monoisotopic (exact) mass is 237 g/mol. The maximum Gasteiger partial charge on any atom is 0.308 e. The van der Waals surface area contributed by atoms with Gasteiger partial charge in [0.05, 0.1) is 5.92 Å². The number of hydrogen-bond acceptors (Lipinski definition) is 2. The normalized spacial score (nSPS) is 46.3. The van der Waals surface area contributed by atoms with Crippen LogP contribution in [-0.4, -0.2) is 34.1 Å². The molecule has 96 valence electrons. The average Bonchev–Trinajstić information content (AvgIpc) is 2.28. The zero-order chi connectivity index (χ0) is 12.0. The van der Waals surface area contributed by atoms with Crippen LogP contribution in [0.25, 0.3) is 0 Å². The third-order valence-corrected chi connectivity index (χ3v) is 5.21. The van der Waals surface area contributed by atoms with Gasteiger partial charge in [0, 0.05) is 18.1 Å². The number of rotatable bonds is 1. The standard InChI is InChI=1S/C14H23NO2/c1-9-7-11-4-2-3-10-5-6-12(14(16)17)13(8-9)15(10)11/h9-13H,2-8H2,1H3,(H,16,17)/t9-,10-,11+,12+,13+/m1/s1. The average molecular weight is 237 g/mol. The molecule has 3 rings (SSSR count). The first kappa shape index (κ1) is 11.5. The molecule has 3 aliphatic heterocycles. The first-order valence-corrected chi connectivity index (χ1v) is 7.17. The second-order valence-corrected chi connectivity index (χ2v) is 6.35. The van der Waals surface area contributed by atoms with Crippen molar-refractivity contribution in [3.63, 3.8) is 0 Å². The van der Waals surface area contributed by atoms with E-state index in [9.17, 15) is 9.90 Å². The Balaban J connectivity index is 1.87. The fraction of sp³-hybridized carbons (Fsp3) is 0.929. The highest BCUT2D eigenvalue weighted by atomic mass is 16.4. The number of carbonyl (C=O) groups is 1. The predicted octanol–water partition coefficient (Wildman–Crippen LogP) is 2.50. The summed E-state index contributed by atoms with van der Waals surface area (Å²) in [5, 5.41) is 9.40. The van der Waals surface area contributed by atoms with E-state index in [1.54, 1.807) is 0 Å². The molecular weight excluding hydrogens is 214 g/mol. The molecule has 5 atom stereocenters. The molecule has 0 amide bonds. The Morgan fingerprint density at radius 2 is 1.88 bits per heavy atom. The van der Waals surface area contributed by atoms with E-state index in [1.165, 1.54) is 25.7 Å². The number of carboxylic acids is 1. The molecule has 1 N–H and O–H groups in total. The minimum Gasteiger partial charge on any atom is -0.481 e. The van der Waals surface area contributed by atoms with E-state index in [0.29, 0.717) is 24.0 Å². The molecule has 0 unspecified atom stereocenters. The molecule has 17 heavy (non-hydrogen) atoms. The van der Waals surface area contributed by atoms with Gasteiger partial charge in [0.15, 0.2) is 0 Å². The largest absolute Gasteiger partial charge is 0.481 e. The molecule has 3 heterocycles. The summed E-state index contributed by atoms with van der Waals surface area (Å²) in [6.45, 7) is 2.30. The van der Waals surface area contributed by atoms with Crippen LogP contribution in [0.4, 0.5) is 0 Å². The number of aliphatic carboxylic acids is 1. The predicted molar refractivity (Wildman–Crippen MR) is 65.8 cm³/mol. The smallest absolute Gasteiger partial charge is 0.308 e. The maximum atomic E-state index is 11.4. The third-order valence-electron chi connectivity index (χ3n) is 5.21. The van der Waals surface area contributed by atoms with Gasteiger partial charge in [0.25, 0.3) is 0 Å². The molecule has 3 saturated heterocycles. The minimum atomic E-state index is -0.563. The lowest BCUT2D eigenvalue weighted by molar-refractivity contribution is -0.152. The van der Waals surface area contributed by atoms with Gasteiger partial charge in [-0.25, -0.2) is 0 Å². The van der Waals surface area contributed by atoms with Gasteiger partial charge in [-0.3, -0.25) is 9.69 Å². The molecular formula is C14H23NO2. The van der Waals surface area contributed by atoms with Crippen molar-refractivity contribution < 1.29 is 9.90 Å². The van der Waals surface area contributed by atoms with Gasteiger partial charge in [-0.2, -0.15) is 0 Å². The minimum absolute atomic E-state index is 0.102. The Kier molecular flexibility index (Phi) is 2.89. The van der Waals surface area contributed by atoms with E-state index in [0.717, 1.165) is 19.3 Å². The fourth-order valence-electron chi connectivity index (χ4n) is 4.58. The van der Waals surface area contributed by atoms with E-state index < -0.39 is 5.97 Å². The van der Waals surface area contributed by atoms with Gasteiger partial charge < -0.3 is 5.11 Å². The molecule has 0 bridgehead atoms. The van der Waals surface area contributed by atoms with Crippen molar-refractivity contribution >= 4 is 5.97 Å². The van der Waals surface area contributed by atoms with Crippen LogP contribution in [0, 0.1) is 11.8 Å². The maximum absolute atomic E-state index is 11.4. The van der Waals surface area contributed by atoms with Crippen molar-refractivity contribution in [2.45, 2.75) is 70.0 Å². The highest BCUT2D eigenvalue weighted by molar-refractivity contribution is 5.71. The second kappa shape index (κ2) is 4.27. The summed E-state index contributed by atoms with van der Waals surface area (Å²) < 4.78 is 0. The van der Waals surface area contributed by atoms with Gasteiger partial charge in [-0.15, -0.1) is 0 Å². The van der Waals surface area contributed by atoms with E-state index in [4.69, 9.17) is 0 Å². The summed E-state index contributed by atoms with van der Waals surface area (Å²) >= 11 is 0. The van der Waals surface area contributed by atoms with E-state index in [1.807, 2.05) is 0 Å². The SMILES string of the molecule is C[C@@H]1C[C@@H]2CCC[C@@H]3CC[C@H](C(=O)O)[C@H](C1)N32. The van der Waals surface area contributed by atoms with Crippen LogP contribution in [0.1, 0.15) is 51.9 Å².